The van der Waals surface area contributed by atoms with Crippen molar-refractivity contribution in [2.24, 2.45) is 0 Å². The first-order valence-corrected chi connectivity index (χ1v) is 8.25. The molecule has 0 unspecified atom stereocenters. The number of carbonyl (C=O) groups is 2. The molecule has 4 rings (SSSR count). The number of carbonyl (C=O) groups excluding carboxylic acids is 2. The molecule has 1 N–H and O–H groups in total. The Bertz CT molecular complexity index is 970. The number of hydrogen-bond acceptors (Lipinski definition) is 5. The van der Waals surface area contributed by atoms with E-state index < -0.39 is 0 Å². The molecule has 0 atom stereocenters. The second-order valence-corrected chi connectivity index (χ2v) is 5.92. The fourth-order valence-corrected chi connectivity index (χ4v) is 3.11. The molecule has 2 amide bonds. The number of benzene rings is 1. The van der Waals surface area contributed by atoms with Crippen LogP contribution in [0.2, 0.25) is 0 Å². The standard InChI is InChI=1S/C18H17N5O3/c1-26-16-9-15(21-14-6-3-2-5-13(14)16)18(25)23-8-4-7-22(23)17(24)12-10-19-20-11-12/h2-3,5-6,9-11H,4,7-8H2,1H3,(H,19,20). The van der Waals surface area contributed by atoms with Crippen LogP contribution in [-0.2, 0) is 0 Å². The molecule has 1 fully saturated rings. The summed E-state index contributed by atoms with van der Waals surface area (Å²) in [4.78, 5) is 30.1. The van der Waals surface area contributed by atoms with E-state index in [1.165, 1.54) is 22.4 Å². The number of nitrogens with zero attached hydrogens (tertiary/aromatic N) is 4. The molecular weight excluding hydrogens is 334 g/mol. The van der Waals surface area contributed by atoms with Gasteiger partial charge in [0.2, 0.25) is 0 Å². The van der Waals surface area contributed by atoms with Crippen molar-refractivity contribution in [1.29, 1.82) is 0 Å². The first-order chi connectivity index (χ1) is 12.7. The van der Waals surface area contributed by atoms with Crippen LogP contribution >= 0.6 is 0 Å². The second-order valence-electron chi connectivity index (χ2n) is 5.92. The summed E-state index contributed by atoms with van der Waals surface area (Å²) in [6.45, 7) is 0.930. The zero-order valence-corrected chi connectivity index (χ0v) is 14.2. The van der Waals surface area contributed by atoms with Crippen molar-refractivity contribution in [2.75, 3.05) is 20.2 Å². The van der Waals surface area contributed by atoms with Crippen LogP contribution in [-0.4, -0.2) is 57.2 Å². The summed E-state index contributed by atoms with van der Waals surface area (Å²) in [6.07, 6.45) is 3.67. The number of aromatic nitrogens is 3. The molecule has 0 saturated carbocycles. The monoisotopic (exact) mass is 351 g/mol. The third kappa shape index (κ3) is 2.65. The van der Waals surface area contributed by atoms with Gasteiger partial charge in [-0.2, -0.15) is 5.10 Å². The molecule has 8 nitrogen and oxygen atoms in total. The maximum atomic E-state index is 13.0. The SMILES string of the molecule is COc1cc(C(=O)N2CCCN2C(=O)c2cn[nH]c2)nc2ccccc12. The number of aromatic amines is 1. The fourth-order valence-electron chi connectivity index (χ4n) is 3.11. The van der Waals surface area contributed by atoms with Gasteiger partial charge < -0.3 is 4.74 Å². The number of fused-ring (bicyclic) bond motifs is 1. The van der Waals surface area contributed by atoms with E-state index in [-0.39, 0.29) is 17.5 Å². The molecular formula is C18H17N5O3. The van der Waals surface area contributed by atoms with Crippen molar-refractivity contribution in [3.63, 3.8) is 0 Å². The maximum absolute atomic E-state index is 13.0. The largest absolute Gasteiger partial charge is 0.496 e. The average molecular weight is 351 g/mol. The van der Waals surface area contributed by atoms with E-state index >= 15 is 0 Å². The molecule has 3 aromatic rings. The van der Waals surface area contributed by atoms with Crippen LogP contribution in [0.1, 0.15) is 27.3 Å². The van der Waals surface area contributed by atoms with Crippen molar-refractivity contribution in [3.05, 3.63) is 54.0 Å². The van der Waals surface area contributed by atoms with Crippen LogP contribution < -0.4 is 4.74 Å². The molecule has 8 heteroatoms. The number of rotatable bonds is 3. The number of pyridine rings is 1. The summed E-state index contributed by atoms with van der Waals surface area (Å²) in [7, 11) is 1.56. The van der Waals surface area contributed by atoms with Crippen LogP contribution in [0, 0.1) is 0 Å². The number of nitrogens with one attached hydrogen (secondary N) is 1. The molecule has 0 spiro atoms. The highest BCUT2D eigenvalue weighted by Crippen LogP contribution is 2.26. The Kier molecular flexibility index (Phi) is 4.00. The van der Waals surface area contributed by atoms with Crippen LogP contribution in [0.15, 0.2) is 42.7 Å². The highest BCUT2D eigenvalue weighted by atomic mass is 16.5. The van der Waals surface area contributed by atoms with Gasteiger partial charge in [-0.25, -0.2) is 15.0 Å². The zero-order valence-electron chi connectivity index (χ0n) is 14.2. The number of amides is 2. The van der Waals surface area contributed by atoms with Crippen LogP contribution in [0.3, 0.4) is 0 Å². The molecule has 1 aliphatic heterocycles. The van der Waals surface area contributed by atoms with Gasteiger partial charge in [0.1, 0.15) is 11.4 Å². The lowest BCUT2D eigenvalue weighted by molar-refractivity contribution is 0.0182. The van der Waals surface area contributed by atoms with Gasteiger partial charge in [0.05, 0.1) is 24.4 Å². The van der Waals surface area contributed by atoms with Crippen molar-refractivity contribution in [2.45, 2.75) is 6.42 Å². The smallest absolute Gasteiger partial charge is 0.291 e. The minimum absolute atomic E-state index is 0.243. The van der Waals surface area contributed by atoms with Gasteiger partial charge in [-0.1, -0.05) is 12.1 Å². The number of hydrazine groups is 1. The van der Waals surface area contributed by atoms with Gasteiger partial charge in [0.25, 0.3) is 11.8 Å². The molecule has 132 valence electrons. The second kappa shape index (κ2) is 6.47. The van der Waals surface area contributed by atoms with Crippen LogP contribution in [0.25, 0.3) is 10.9 Å². The normalized spacial score (nSPS) is 14.0. The molecule has 0 aliphatic carbocycles. The number of methoxy groups -OCH3 is 1. The fraction of sp³-hybridized carbons (Fsp3) is 0.222. The summed E-state index contributed by atoms with van der Waals surface area (Å²) in [5.41, 5.74) is 1.32. The highest BCUT2D eigenvalue weighted by molar-refractivity contribution is 6.00. The zero-order chi connectivity index (χ0) is 18.1. The van der Waals surface area contributed by atoms with Crippen LogP contribution in [0.5, 0.6) is 5.75 Å². The van der Waals surface area contributed by atoms with Gasteiger partial charge in [0, 0.05) is 30.7 Å². The van der Waals surface area contributed by atoms with Gasteiger partial charge in [-0.3, -0.25) is 14.7 Å². The predicted molar refractivity (Wildman–Crippen MR) is 93.6 cm³/mol. The molecule has 3 heterocycles. The lowest BCUT2D eigenvalue weighted by Gasteiger charge is -2.27. The Hall–Kier alpha value is -3.42. The number of hydrogen-bond donors (Lipinski definition) is 1. The van der Waals surface area contributed by atoms with E-state index in [0.29, 0.717) is 36.3 Å². The Morgan fingerprint density at radius 3 is 2.65 bits per heavy atom. The van der Waals surface area contributed by atoms with E-state index in [9.17, 15) is 9.59 Å². The van der Waals surface area contributed by atoms with E-state index in [4.69, 9.17) is 4.74 Å². The third-order valence-corrected chi connectivity index (χ3v) is 4.36. The van der Waals surface area contributed by atoms with Crippen molar-refractivity contribution >= 4 is 22.7 Å². The van der Waals surface area contributed by atoms with Crippen molar-refractivity contribution < 1.29 is 14.3 Å². The Balaban J connectivity index is 1.68. The first-order valence-electron chi connectivity index (χ1n) is 8.25. The Morgan fingerprint density at radius 2 is 1.92 bits per heavy atom. The van der Waals surface area contributed by atoms with E-state index in [1.807, 2.05) is 24.3 Å². The van der Waals surface area contributed by atoms with E-state index in [2.05, 4.69) is 15.2 Å². The Morgan fingerprint density at radius 1 is 1.15 bits per heavy atom. The van der Waals surface area contributed by atoms with Crippen molar-refractivity contribution in [3.8, 4) is 5.75 Å². The molecule has 1 saturated heterocycles. The van der Waals surface area contributed by atoms with E-state index in [0.717, 1.165) is 5.39 Å². The molecule has 26 heavy (non-hydrogen) atoms. The van der Waals surface area contributed by atoms with Crippen molar-refractivity contribution in [1.82, 2.24) is 25.2 Å². The minimum Gasteiger partial charge on any atom is -0.496 e. The summed E-state index contributed by atoms with van der Waals surface area (Å²) in [5, 5.41) is 10.1. The molecule has 1 aromatic carbocycles. The maximum Gasteiger partial charge on any atom is 0.291 e. The minimum atomic E-state index is -0.330. The lowest BCUT2D eigenvalue weighted by atomic mass is 10.1. The summed E-state index contributed by atoms with van der Waals surface area (Å²) < 4.78 is 5.41. The van der Waals surface area contributed by atoms with E-state index in [1.54, 1.807) is 13.2 Å². The van der Waals surface area contributed by atoms with Gasteiger partial charge in [-0.15, -0.1) is 0 Å². The summed E-state index contributed by atoms with van der Waals surface area (Å²) in [6, 6.07) is 9.07. The Labute approximate surface area is 149 Å². The molecule has 1 aliphatic rings. The number of ether oxygens (including phenoxy) is 1. The van der Waals surface area contributed by atoms with Crippen LogP contribution in [0.4, 0.5) is 0 Å². The summed E-state index contributed by atoms with van der Waals surface area (Å²) >= 11 is 0. The first kappa shape index (κ1) is 16.1. The van der Waals surface area contributed by atoms with Gasteiger partial charge in [-0.05, 0) is 18.6 Å². The highest BCUT2D eigenvalue weighted by Gasteiger charge is 2.33. The number of para-hydroxylation sites is 1. The third-order valence-electron chi connectivity index (χ3n) is 4.36. The van der Waals surface area contributed by atoms with Gasteiger partial charge >= 0.3 is 0 Å². The van der Waals surface area contributed by atoms with Gasteiger partial charge in [0.15, 0.2) is 0 Å². The molecule has 0 bridgehead atoms. The molecule has 2 aromatic heterocycles. The summed E-state index contributed by atoms with van der Waals surface area (Å²) in [5.74, 6) is -0.0217. The topological polar surface area (TPSA) is 91.4 Å². The number of H-pyrrole nitrogens is 1. The lowest BCUT2D eigenvalue weighted by Crippen LogP contribution is -2.45. The average Bonchev–Trinajstić information content (AvgIpc) is 3.37. The predicted octanol–water partition coefficient (Wildman–Crippen LogP) is 1.87. The quantitative estimate of drug-likeness (QED) is 0.778. The molecule has 0 radical (unpaired) electrons.